The van der Waals surface area contributed by atoms with Crippen LogP contribution in [0.4, 0.5) is 19.7 Å². The lowest BCUT2D eigenvalue weighted by Crippen LogP contribution is -2.58. The molecule has 2 aliphatic heterocycles. The van der Waals surface area contributed by atoms with E-state index in [0.717, 1.165) is 0 Å². The Bertz CT molecular complexity index is 693. The fourth-order valence-electron chi connectivity index (χ4n) is 3.41. The molecule has 3 N–H and O–H groups in total. The summed E-state index contributed by atoms with van der Waals surface area (Å²) in [7, 11) is 0. The first-order chi connectivity index (χ1) is 10.9. The topological polar surface area (TPSA) is 94.0 Å². The summed E-state index contributed by atoms with van der Waals surface area (Å²) in [4.78, 5) is 28.5. The highest BCUT2D eigenvalue weighted by Crippen LogP contribution is 2.37. The molecule has 122 valence electrons. The fraction of sp³-hybridized carbons (Fsp3) is 0.400. The maximum absolute atomic E-state index is 13.6. The molecular formula is C15H17FN4O3. The molecule has 2 heterocycles. The number of hydrogen-bond acceptors (Lipinski definition) is 3. The third kappa shape index (κ3) is 2.65. The quantitative estimate of drug-likeness (QED) is 0.737. The van der Waals surface area contributed by atoms with Gasteiger partial charge < -0.3 is 10.4 Å². The maximum Gasteiger partial charge on any atom is 0.432 e. The van der Waals surface area contributed by atoms with Gasteiger partial charge in [0.15, 0.2) is 0 Å². The number of rotatable bonds is 1. The Hall–Kier alpha value is -2.48. The van der Waals surface area contributed by atoms with Crippen LogP contribution in [-0.4, -0.2) is 41.2 Å². The molecule has 2 fully saturated rings. The first-order valence-electron chi connectivity index (χ1n) is 7.35. The van der Waals surface area contributed by atoms with Crippen molar-refractivity contribution in [3.63, 3.8) is 0 Å². The van der Waals surface area contributed by atoms with E-state index in [1.165, 1.54) is 23.1 Å². The molecule has 2 aliphatic rings. The second-order valence-electron chi connectivity index (χ2n) is 5.83. The normalized spacial score (nSPS) is 29.1. The largest absolute Gasteiger partial charge is 0.463 e. The van der Waals surface area contributed by atoms with Crippen molar-refractivity contribution in [1.29, 1.82) is 0 Å². The molecule has 0 bridgehead atoms. The number of nitrogens with one attached hydrogen (secondary N) is 2. The average molecular weight is 320 g/mol. The highest BCUT2D eigenvalue weighted by atomic mass is 19.1. The number of nitrogens with zero attached hydrogens (tertiary/aromatic N) is 2. The number of urea groups is 1. The van der Waals surface area contributed by atoms with E-state index in [4.69, 9.17) is 5.11 Å². The van der Waals surface area contributed by atoms with Crippen LogP contribution in [0.25, 0.3) is 0 Å². The molecule has 2 atom stereocenters. The van der Waals surface area contributed by atoms with Crippen molar-refractivity contribution in [3.05, 3.63) is 30.1 Å². The third-order valence-electron chi connectivity index (χ3n) is 4.25. The molecule has 3 amide bonds. The molecule has 0 aliphatic carbocycles. The zero-order chi connectivity index (χ0) is 16.6. The van der Waals surface area contributed by atoms with Crippen molar-refractivity contribution in [2.24, 2.45) is 4.99 Å². The van der Waals surface area contributed by atoms with E-state index in [1.807, 2.05) is 6.92 Å². The highest BCUT2D eigenvalue weighted by Gasteiger charge is 2.53. The van der Waals surface area contributed by atoms with Crippen LogP contribution in [0.5, 0.6) is 0 Å². The van der Waals surface area contributed by atoms with Gasteiger partial charge in [0.1, 0.15) is 17.2 Å². The number of amidine groups is 1. The van der Waals surface area contributed by atoms with Gasteiger partial charge in [-0.25, -0.2) is 14.0 Å². The summed E-state index contributed by atoms with van der Waals surface area (Å²) < 4.78 is 13.6. The number of anilines is 1. The predicted molar refractivity (Wildman–Crippen MR) is 82.3 cm³/mol. The average Bonchev–Trinajstić information content (AvgIpc) is 2.69. The fourth-order valence-corrected chi connectivity index (χ4v) is 3.41. The number of amides is 3. The lowest BCUT2D eigenvalue weighted by molar-refractivity contribution is 0.205. The standard InChI is InChI=1S/C15H17FN4O3/c1-9-8-15(5-6-17-9)12(19-14(22)23)18-13(21)20(15)11-4-2-3-10(16)7-11/h2-4,7,9,17H,5-6,8H2,1H3,(H,22,23)(H,18,19,21). The second kappa shape index (κ2) is 5.62. The van der Waals surface area contributed by atoms with Crippen LogP contribution >= 0.6 is 0 Å². The first-order valence-corrected chi connectivity index (χ1v) is 7.35. The zero-order valence-electron chi connectivity index (χ0n) is 12.5. The molecule has 3 rings (SSSR count). The van der Waals surface area contributed by atoms with Gasteiger partial charge in [-0.05, 0) is 44.5 Å². The SMILES string of the molecule is CC1CC2(CCN1)C(=NC(=O)O)NC(=O)N2c1cccc(F)c1. The summed E-state index contributed by atoms with van der Waals surface area (Å²) >= 11 is 0. The third-order valence-corrected chi connectivity index (χ3v) is 4.25. The van der Waals surface area contributed by atoms with Gasteiger partial charge >= 0.3 is 12.1 Å². The first kappa shape index (κ1) is 15.4. The Morgan fingerprint density at radius 2 is 2.30 bits per heavy atom. The van der Waals surface area contributed by atoms with Crippen LogP contribution in [0, 0.1) is 5.82 Å². The minimum atomic E-state index is -1.37. The van der Waals surface area contributed by atoms with Gasteiger partial charge in [0, 0.05) is 11.7 Å². The van der Waals surface area contributed by atoms with Crippen LogP contribution in [0.15, 0.2) is 29.3 Å². The number of benzene rings is 1. The van der Waals surface area contributed by atoms with E-state index in [2.05, 4.69) is 15.6 Å². The van der Waals surface area contributed by atoms with Crippen molar-refractivity contribution >= 4 is 23.6 Å². The number of aliphatic imine (C=N–C) groups is 1. The van der Waals surface area contributed by atoms with Gasteiger partial charge in [-0.3, -0.25) is 10.2 Å². The van der Waals surface area contributed by atoms with Crippen molar-refractivity contribution in [1.82, 2.24) is 10.6 Å². The molecule has 1 aromatic rings. The molecule has 7 nitrogen and oxygen atoms in total. The van der Waals surface area contributed by atoms with E-state index >= 15 is 0 Å². The minimum Gasteiger partial charge on any atom is -0.463 e. The number of hydrogen-bond donors (Lipinski definition) is 3. The summed E-state index contributed by atoms with van der Waals surface area (Å²) in [5.41, 5.74) is -0.527. The minimum absolute atomic E-state index is 0.0616. The van der Waals surface area contributed by atoms with Crippen LogP contribution in [0.1, 0.15) is 19.8 Å². The van der Waals surface area contributed by atoms with E-state index in [-0.39, 0.29) is 11.9 Å². The summed E-state index contributed by atoms with van der Waals surface area (Å²) in [5.74, 6) is -0.358. The Labute approximate surface area is 132 Å². The summed E-state index contributed by atoms with van der Waals surface area (Å²) in [5, 5.41) is 14.8. The Balaban J connectivity index is 2.12. The number of carbonyl (C=O) groups excluding carboxylic acids is 1. The van der Waals surface area contributed by atoms with Crippen molar-refractivity contribution in [3.8, 4) is 0 Å². The number of halogens is 1. The molecule has 0 radical (unpaired) electrons. The maximum atomic E-state index is 13.6. The van der Waals surface area contributed by atoms with Crippen LogP contribution in [0.3, 0.4) is 0 Å². The number of piperidine rings is 1. The van der Waals surface area contributed by atoms with Crippen molar-refractivity contribution in [2.75, 3.05) is 11.4 Å². The smallest absolute Gasteiger partial charge is 0.432 e. The van der Waals surface area contributed by atoms with Gasteiger partial charge in [0.25, 0.3) is 0 Å². The monoisotopic (exact) mass is 320 g/mol. The Morgan fingerprint density at radius 1 is 1.52 bits per heavy atom. The zero-order valence-corrected chi connectivity index (χ0v) is 12.5. The van der Waals surface area contributed by atoms with Crippen LogP contribution in [0.2, 0.25) is 0 Å². The molecule has 1 aromatic carbocycles. The van der Waals surface area contributed by atoms with Gasteiger partial charge in [-0.15, -0.1) is 0 Å². The lowest BCUT2D eigenvalue weighted by Gasteiger charge is -2.42. The van der Waals surface area contributed by atoms with E-state index in [0.29, 0.717) is 25.1 Å². The second-order valence-corrected chi connectivity index (χ2v) is 5.83. The van der Waals surface area contributed by atoms with Crippen LogP contribution < -0.4 is 15.5 Å². The van der Waals surface area contributed by atoms with Gasteiger partial charge in [-0.1, -0.05) is 6.07 Å². The molecule has 0 aromatic heterocycles. The van der Waals surface area contributed by atoms with Crippen molar-refractivity contribution in [2.45, 2.75) is 31.3 Å². The van der Waals surface area contributed by atoms with E-state index in [1.54, 1.807) is 6.07 Å². The predicted octanol–water partition coefficient (Wildman–Crippen LogP) is 1.94. The summed E-state index contributed by atoms with van der Waals surface area (Å²) in [6, 6.07) is 5.26. The van der Waals surface area contributed by atoms with Gasteiger partial charge in [0.05, 0.1) is 0 Å². The highest BCUT2D eigenvalue weighted by molar-refractivity contribution is 6.20. The van der Waals surface area contributed by atoms with E-state index < -0.39 is 23.5 Å². The van der Waals surface area contributed by atoms with E-state index in [9.17, 15) is 14.0 Å². The Kier molecular flexibility index (Phi) is 3.77. The van der Waals surface area contributed by atoms with Gasteiger partial charge in [-0.2, -0.15) is 4.99 Å². The van der Waals surface area contributed by atoms with Gasteiger partial charge in [0.2, 0.25) is 0 Å². The summed E-state index contributed by atoms with van der Waals surface area (Å²) in [6.45, 7) is 2.55. The molecule has 2 saturated heterocycles. The molecule has 1 spiro atoms. The Morgan fingerprint density at radius 3 is 2.96 bits per heavy atom. The molecule has 23 heavy (non-hydrogen) atoms. The molecular weight excluding hydrogens is 303 g/mol. The number of carboxylic acid groups (broad SMARTS) is 1. The molecule has 0 saturated carbocycles. The molecule has 2 unspecified atom stereocenters. The lowest BCUT2D eigenvalue weighted by atomic mass is 9.82. The summed E-state index contributed by atoms with van der Waals surface area (Å²) in [6.07, 6.45) is -0.403. The van der Waals surface area contributed by atoms with Crippen LogP contribution in [-0.2, 0) is 0 Å². The van der Waals surface area contributed by atoms with Crippen molar-refractivity contribution < 1.29 is 19.1 Å². The molecule has 8 heteroatoms. The number of carbonyl (C=O) groups is 2.